The number of hydrogen-bond acceptors (Lipinski definition) is 2. The van der Waals surface area contributed by atoms with Crippen LogP contribution < -0.4 is 0 Å². The maximum Gasteiger partial charge on any atom is 0.0698 e. The second-order valence-corrected chi connectivity index (χ2v) is 2.80. The van der Waals surface area contributed by atoms with Crippen LogP contribution in [0.3, 0.4) is 0 Å². The molecule has 59 valence electrons. The molecule has 0 amide bonds. The molecule has 0 aromatic carbocycles. The first kappa shape index (κ1) is 8.02. The molecule has 1 saturated heterocycles. The third-order valence-electron chi connectivity index (χ3n) is 2.11. The maximum absolute atomic E-state index is 5.25. The zero-order chi connectivity index (χ0) is 7.40. The summed E-state index contributed by atoms with van der Waals surface area (Å²) in [4.78, 5) is 2.33. The van der Waals surface area contributed by atoms with Crippen LogP contribution in [-0.2, 0) is 4.74 Å². The molecule has 1 radical (unpaired) electrons. The van der Waals surface area contributed by atoms with Crippen LogP contribution in [-0.4, -0.2) is 37.7 Å². The number of methoxy groups -OCH3 is 1. The van der Waals surface area contributed by atoms with Crippen molar-refractivity contribution in [2.24, 2.45) is 0 Å². The molecule has 1 rings (SSSR count). The Morgan fingerprint density at radius 2 is 2.50 bits per heavy atom. The summed E-state index contributed by atoms with van der Waals surface area (Å²) >= 11 is 0. The van der Waals surface area contributed by atoms with Gasteiger partial charge in [0.2, 0.25) is 0 Å². The third kappa shape index (κ3) is 1.96. The van der Waals surface area contributed by atoms with Gasteiger partial charge in [-0.3, -0.25) is 0 Å². The highest BCUT2D eigenvalue weighted by Crippen LogP contribution is 2.11. The molecule has 0 aromatic heterocycles. The molecule has 2 heteroatoms. The van der Waals surface area contributed by atoms with E-state index in [1.165, 1.54) is 19.4 Å². The van der Waals surface area contributed by atoms with E-state index in [0.717, 1.165) is 13.1 Å². The topological polar surface area (TPSA) is 12.5 Å². The molecule has 1 fully saturated rings. The fraction of sp³-hybridized carbons (Fsp3) is 0.875. The molecule has 0 spiro atoms. The summed E-state index contributed by atoms with van der Waals surface area (Å²) in [6.45, 7) is 7.03. The van der Waals surface area contributed by atoms with Crippen molar-refractivity contribution in [3.63, 3.8) is 0 Å². The van der Waals surface area contributed by atoms with E-state index < -0.39 is 0 Å². The molecule has 1 heterocycles. The molecule has 0 N–H and O–H groups in total. The van der Waals surface area contributed by atoms with Crippen molar-refractivity contribution < 1.29 is 4.74 Å². The van der Waals surface area contributed by atoms with E-state index >= 15 is 0 Å². The molecule has 0 bridgehead atoms. The average molecular weight is 142 g/mol. The molecule has 0 aliphatic carbocycles. The Bertz CT molecular complexity index is 85.3. The first-order valence-electron chi connectivity index (χ1n) is 3.91. The van der Waals surface area contributed by atoms with E-state index in [-0.39, 0.29) is 0 Å². The second-order valence-electron chi connectivity index (χ2n) is 2.80. The summed E-state index contributed by atoms with van der Waals surface area (Å²) < 4.78 is 5.25. The zero-order valence-electron chi connectivity index (χ0n) is 6.68. The van der Waals surface area contributed by atoms with Gasteiger partial charge in [-0.05, 0) is 32.9 Å². The van der Waals surface area contributed by atoms with Crippen molar-refractivity contribution in [2.45, 2.75) is 18.9 Å². The van der Waals surface area contributed by atoms with Crippen LogP contribution in [0.2, 0.25) is 0 Å². The molecule has 2 nitrogen and oxygen atoms in total. The molecule has 0 unspecified atom stereocenters. The third-order valence-corrected chi connectivity index (χ3v) is 2.11. The van der Waals surface area contributed by atoms with Gasteiger partial charge >= 0.3 is 0 Å². The van der Waals surface area contributed by atoms with Gasteiger partial charge < -0.3 is 9.64 Å². The lowest BCUT2D eigenvalue weighted by atomic mass is 10.1. The second kappa shape index (κ2) is 3.94. The van der Waals surface area contributed by atoms with Gasteiger partial charge in [0.1, 0.15) is 0 Å². The van der Waals surface area contributed by atoms with Crippen LogP contribution in [0.4, 0.5) is 0 Å². The minimum Gasteiger partial charge on any atom is -0.380 e. The van der Waals surface area contributed by atoms with Gasteiger partial charge in [0.05, 0.1) is 6.10 Å². The Kier molecular flexibility index (Phi) is 3.16. The van der Waals surface area contributed by atoms with E-state index in [9.17, 15) is 0 Å². The SMILES string of the molecule is [CH2]CN1CCC[C@H](OC)C1. The molecule has 0 saturated carbocycles. The van der Waals surface area contributed by atoms with E-state index in [0.29, 0.717) is 6.10 Å². The van der Waals surface area contributed by atoms with Crippen molar-refractivity contribution >= 4 is 0 Å². The van der Waals surface area contributed by atoms with Gasteiger partial charge in [-0.25, -0.2) is 0 Å². The number of ether oxygens (including phenoxy) is 1. The van der Waals surface area contributed by atoms with Crippen molar-refractivity contribution in [3.05, 3.63) is 6.92 Å². The number of hydrogen-bond donors (Lipinski definition) is 0. The van der Waals surface area contributed by atoms with Crippen molar-refractivity contribution in [1.82, 2.24) is 4.90 Å². The largest absolute Gasteiger partial charge is 0.380 e. The average Bonchev–Trinajstić information content (AvgIpc) is 2.05. The van der Waals surface area contributed by atoms with Crippen LogP contribution >= 0.6 is 0 Å². The molecular formula is C8H16NO. The molecule has 10 heavy (non-hydrogen) atoms. The monoisotopic (exact) mass is 142 g/mol. The van der Waals surface area contributed by atoms with Crippen molar-refractivity contribution in [1.29, 1.82) is 0 Å². The van der Waals surface area contributed by atoms with Crippen LogP contribution in [0, 0.1) is 6.92 Å². The Morgan fingerprint density at radius 3 is 3.10 bits per heavy atom. The predicted molar refractivity (Wildman–Crippen MR) is 41.8 cm³/mol. The lowest BCUT2D eigenvalue weighted by Gasteiger charge is -2.30. The lowest BCUT2D eigenvalue weighted by Crippen LogP contribution is -2.38. The maximum atomic E-state index is 5.25. The van der Waals surface area contributed by atoms with Crippen LogP contribution in [0.15, 0.2) is 0 Å². The molecule has 1 aliphatic rings. The van der Waals surface area contributed by atoms with Crippen LogP contribution in [0.25, 0.3) is 0 Å². The zero-order valence-corrected chi connectivity index (χ0v) is 6.68. The Balaban J connectivity index is 2.25. The summed E-state index contributed by atoms with van der Waals surface area (Å²) in [5.41, 5.74) is 0. The summed E-state index contributed by atoms with van der Waals surface area (Å²) in [5, 5.41) is 0. The highest BCUT2D eigenvalue weighted by Gasteiger charge is 2.17. The molecule has 0 aromatic rings. The van der Waals surface area contributed by atoms with Gasteiger partial charge in [0, 0.05) is 13.7 Å². The Hall–Kier alpha value is -0.0800. The smallest absolute Gasteiger partial charge is 0.0698 e. The minimum absolute atomic E-state index is 0.454. The normalized spacial score (nSPS) is 28.8. The number of rotatable bonds is 2. The number of piperidine rings is 1. The van der Waals surface area contributed by atoms with Crippen LogP contribution in [0.5, 0.6) is 0 Å². The van der Waals surface area contributed by atoms with E-state index in [1.807, 2.05) is 0 Å². The summed E-state index contributed by atoms with van der Waals surface area (Å²) in [7, 11) is 1.79. The highest BCUT2D eigenvalue weighted by molar-refractivity contribution is 4.72. The molecule has 1 atom stereocenters. The fourth-order valence-electron chi connectivity index (χ4n) is 1.41. The molecule has 1 aliphatic heterocycles. The minimum atomic E-state index is 0.454. The van der Waals surface area contributed by atoms with E-state index in [1.54, 1.807) is 7.11 Å². The van der Waals surface area contributed by atoms with Crippen molar-refractivity contribution in [3.8, 4) is 0 Å². The quantitative estimate of drug-likeness (QED) is 0.568. The summed E-state index contributed by atoms with van der Waals surface area (Å²) in [6, 6.07) is 0. The summed E-state index contributed by atoms with van der Waals surface area (Å²) in [6.07, 6.45) is 2.93. The highest BCUT2D eigenvalue weighted by atomic mass is 16.5. The van der Waals surface area contributed by atoms with E-state index in [4.69, 9.17) is 4.74 Å². The van der Waals surface area contributed by atoms with Gasteiger partial charge in [-0.15, -0.1) is 0 Å². The summed E-state index contributed by atoms with van der Waals surface area (Å²) in [5.74, 6) is 0. The van der Waals surface area contributed by atoms with Gasteiger partial charge in [-0.1, -0.05) is 0 Å². The van der Waals surface area contributed by atoms with Crippen LogP contribution in [0.1, 0.15) is 12.8 Å². The standard InChI is InChI=1S/C8H16NO/c1-3-9-6-4-5-8(7-9)10-2/h8H,1,3-7H2,2H3/t8-/m0/s1. The first-order valence-corrected chi connectivity index (χ1v) is 3.91. The Morgan fingerprint density at radius 1 is 1.70 bits per heavy atom. The lowest BCUT2D eigenvalue weighted by molar-refractivity contribution is 0.0354. The van der Waals surface area contributed by atoms with Gasteiger partial charge in [0.25, 0.3) is 0 Å². The number of likely N-dealkylation sites (tertiary alicyclic amines) is 1. The number of nitrogens with zero attached hydrogens (tertiary/aromatic N) is 1. The fourth-order valence-corrected chi connectivity index (χ4v) is 1.41. The Labute approximate surface area is 63.2 Å². The van der Waals surface area contributed by atoms with E-state index in [2.05, 4.69) is 11.8 Å². The van der Waals surface area contributed by atoms with Gasteiger partial charge in [0.15, 0.2) is 0 Å². The first-order chi connectivity index (χ1) is 4.86. The van der Waals surface area contributed by atoms with Crippen molar-refractivity contribution in [2.75, 3.05) is 26.7 Å². The van der Waals surface area contributed by atoms with Gasteiger partial charge in [-0.2, -0.15) is 0 Å². The molecular weight excluding hydrogens is 126 g/mol. The predicted octanol–water partition coefficient (Wildman–Crippen LogP) is 0.931.